The van der Waals surface area contributed by atoms with E-state index in [9.17, 15) is 14.4 Å². The van der Waals surface area contributed by atoms with Gasteiger partial charge in [-0.3, -0.25) is 24.2 Å². The van der Waals surface area contributed by atoms with E-state index in [0.717, 1.165) is 11.1 Å². The molecule has 1 aliphatic heterocycles. The van der Waals surface area contributed by atoms with Crippen molar-refractivity contribution < 1.29 is 19.5 Å². The number of carboxylic acid groups (broad SMARTS) is 1. The fraction of sp³-hybridized carbons (Fsp3) is 0.500. The summed E-state index contributed by atoms with van der Waals surface area (Å²) in [5.41, 5.74) is 2.56. The first-order chi connectivity index (χ1) is 10.8. The third kappa shape index (κ3) is 3.06. The summed E-state index contributed by atoms with van der Waals surface area (Å²) in [7, 11) is 0. The third-order valence-electron chi connectivity index (χ3n) is 4.24. The van der Waals surface area contributed by atoms with Crippen LogP contribution in [0.2, 0.25) is 0 Å². The molecule has 2 aliphatic rings. The average Bonchev–Trinajstić information content (AvgIpc) is 2.79. The second-order valence-electron chi connectivity index (χ2n) is 5.67. The Labute approximate surface area is 140 Å². The van der Waals surface area contributed by atoms with Crippen molar-refractivity contribution in [1.82, 2.24) is 9.80 Å². The number of carboxylic acids is 1. The van der Waals surface area contributed by atoms with Gasteiger partial charge in [-0.2, -0.15) is 0 Å². The Kier molecular flexibility index (Phi) is 4.99. The Bertz CT molecular complexity index is 635. The number of allylic oxidation sites excluding steroid dienone is 2. The topological polar surface area (TPSA) is 77.9 Å². The van der Waals surface area contributed by atoms with Crippen molar-refractivity contribution in [1.29, 1.82) is 0 Å². The molecule has 0 bridgehead atoms. The summed E-state index contributed by atoms with van der Waals surface area (Å²) in [6, 6.07) is 0. The Balaban J connectivity index is 2.41. The molecular weight excluding hydrogens is 316 g/mol. The van der Waals surface area contributed by atoms with Crippen LogP contribution in [-0.4, -0.2) is 50.9 Å². The number of aliphatic carboxylic acids is 1. The summed E-state index contributed by atoms with van der Waals surface area (Å²) in [6.07, 6.45) is 0.780. The molecule has 0 radical (unpaired) electrons. The number of hydrogen-bond acceptors (Lipinski definition) is 4. The molecule has 1 aliphatic carbocycles. The van der Waals surface area contributed by atoms with Gasteiger partial charge in [-0.1, -0.05) is 11.1 Å². The highest BCUT2D eigenvalue weighted by Gasteiger charge is 2.40. The number of carbonyl (C=O) groups excluding carboxylic acids is 2. The summed E-state index contributed by atoms with van der Waals surface area (Å²) < 4.78 is 0. The van der Waals surface area contributed by atoms with Crippen LogP contribution in [-0.2, 0) is 14.4 Å². The molecule has 1 N–H and O–H groups in total. The summed E-state index contributed by atoms with van der Waals surface area (Å²) >= 11 is 5.23. The molecule has 1 heterocycles. The first-order valence-corrected chi connectivity index (χ1v) is 8.01. The monoisotopic (exact) mass is 336 g/mol. The van der Waals surface area contributed by atoms with Gasteiger partial charge in [-0.05, 0) is 51.4 Å². The van der Waals surface area contributed by atoms with Gasteiger partial charge in [-0.25, -0.2) is 0 Å². The largest absolute Gasteiger partial charge is 0.481 e. The first-order valence-electron chi connectivity index (χ1n) is 7.60. The molecule has 0 aromatic carbocycles. The second-order valence-corrected chi connectivity index (χ2v) is 6.03. The van der Waals surface area contributed by atoms with Crippen LogP contribution < -0.4 is 0 Å². The minimum atomic E-state index is -0.904. The summed E-state index contributed by atoms with van der Waals surface area (Å²) in [5, 5.41) is 9.21. The Morgan fingerprint density at radius 1 is 1.13 bits per heavy atom. The number of amides is 2. The van der Waals surface area contributed by atoms with Gasteiger partial charge in [0, 0.05) is 13.1 Å². The maximum absolute atomic E-state index is 12.7. The highest BCUT2D eigenvalue weighted by Crippen LogP contribution is 2.36. The van der Waals surface area contributed by atoms with Crippen LogP contribution in [0.15, 0.2) is 22.3 Å². The van der Waals surface area contributed by atoms with Crippen LogP contribution >= 0.6 is 12.2 Å². The van der Waals surface area contributed by atoms with E-state index in [1.165, 1.54) is 9.80 Å². The highest BCUT2D eigenvalue weighted by atomic mass is 32.1. The van der Waals surface area contributed by atoms with E-state index in [1.54, 1.807) is 0 Å². The maximum Gasteiger partial charge on any atom is 0.307 e. The average molecular weight is 336 g/mol. The van der Waals surface area contributed by atoms with Crippen LogP contribution in [0.5, 0.6) is 0 Å². The zero-order chi connectivity index (χ0) is 17.3. The van der Waals surface area contributed by atoms with E-state index >= 15 is 0 Å². The van der Waals surface area contributed by atoms with Gasteiger partial charge in [0.25, 0.3) is 11.8 Å². The van der Waals surface area contributed by atoms with Crippen molar-refractivity contribution in [3.63, 3.8) is 0 Å². The van der Waals surface area contributed by atoms with Crippen molar-refractivity contribution in [3.05, 3.63) is 22.3 Å². The fourth-order valence-electron chi connectivity index (χ4n) is 3.03. The van der Waals surface area contributed by atoms with E-state index in [-0.39, 0.29) is 28.9 Å². The van der Waals surface area contributed by atoms with Crippen LogP contribution in [0.4, 0.5) is 0 Å². The lowest BCUT2D eigenvalue weighted by atomic mass is 9.99. The Hall–Kier alpha value is -2.02. The lowest BCUT2D eigenvalue weighted by Crippen LogP contribution is -2.56. The Morgan fingerprint density at radius 2 is 1.65 bits per heavy atom. The lowest BCUT2D eigenvalue weighted by Gasteiger charge is -2.36. The number of nitrogens with zero attached hydrogens (tertiary/aromatic N) is 2. The quantitative estimate of drug-likeness (QED) is 0.367. The van der Waals surface area contributed by atoms with Crippen molar-refractivity contribution in [2.75, 3.05) is 13.1 Å². The molecule has 124 valence electrons. The molecule has 2 amide bonds. The second kappa shape index (κ2) is 6.62. The molecule has 0 aromatic heterocycles. The molecule has 2 rings (SSSR count). The first kappa shape index (κ1) is 17.3. The van der Waals surface area contributed by atoms with Gasteiger partial charge in [0.2, 0.25) is 0 Å². The zero-order valence-electron chi connectivity index (χ0n) is 13.5. The number of hydrogen-bond donors (Lipinski definition) is 1. The molecule has 7 heteroatoms. The normalized spacial score (nSPS) is 19.3. The standard InChI is InChI=1S/C16H20N2O4S/c1-4-17-14(21)13(15(22)18(5-2)16(17)23)11-6-9(3)10(7-11)8-12(19)20/h4-8H2,1-3H3,(H,19,20). The SMILES string of the molecule is CCN1C(=O)C(=C2CC(C)=C(CC(=O)O)C2)C(=O)N(CC)C1=S. The molecule has 23 heavy (non-hydrogen) atoms. The van der Waals surface area contributed by atoms with Crippen LogP contribution in [0.1, 0.15) is 40.0 Å². The predicted octanol–water partition coefficient (Wildman–Crippen LogP) is 1.86. The number of thiocarbonyl (C=S) groups is 1. The van der Waals surface area contributed by atoms with E-state index in [2.05, 4.69) is 0 Å². The van der Waals surface area contributed by atoms with Gasteiger partial charge in [0.05, 0.1) is 6.42 Å². The lowest BCUT2D eigenvalue weighted by molar-refractivity contribution is -0.136. The van der Waals surface area contributed by atoms with Gasteiger partial charge >= 0.3 is 5.97 Å². The molecule has 0 atom stereocenters. The van der Waals surface area contributed by atoms with Gasteiger partial charge in [-0.15, -0.1) is 0 Å². The van der Waals surface area contributed by atoms with E-state index in [0.29, 0.717) is 31.5 Å². The molecule has 0 saturated carbocycles. The molecular formula is C16H20N2O4S. The van der Waals surface area contributed by atoms with Crippen LogP contribution in [0, 0.1) is 0 Å². The fourth-order valence-corrected chi connectivity index (χ4v) is 3.45. The highest BCUT2D eigenvalue weighted by molar-refractivity contribution is 7.80. The molecule has 0 spiro atoms. The minimum absolute atomic E-state index is 0.0572. The molecule has 6 nitrogen and oxygen atoms in total. The Morgan fingerprint density at radius 3 is 2.09 bits per heavy atom. The summed E-state index contributed by atoms with van der Waals surface area (Å²) in [5.74, 6) is -1.64. The van der Waals surface area contributed by atoms with E-state index < -0.39 is 5.97 Å². The smallest absolute Gasteiger partial charge is 0.307 e. The number of carbonyl (C=O) groups is 3. The van der Waals surface area contributed by atoms with Crippen LogP contribution in [0.3, 0.4) is 0 Å². The van der Waals surface area contributed by atoms with Crippen LogP contribution in [0.25, 0.3) is 0 Å². The molecule has 1 saturated heterocycles. The molecule has 1 fully saturated rings. The maximum atomic E-state index is 12.7. The molecule has 0 unspecified atom stereocenters. The van der Waals surface area contributed by atoms with Gasteiger partial charge in [0.15, 0.2) is 5.11 Å². The van der Waals surface area contributed by atoms with Crippen molar-refractivity contribution in [3.8, 4) is 0 Å². The van der Waals surface area contributed by atoms with E-state index in [1.807, 2.05) is 20.8 Å². The predicted molar refractivity (Wildman–Crippen MR) is 88.6 cm³/mol. The zero-order valence-corrected chi connectivity index (χ0v) is 14.3. The van der Waals surface area contributed by atoms with Gasteiger partial charge in [0.1, 0.15) is 5.57 Å². The summed E-state index contributed by atoms with van der Waals surface area (Å²) in [4.78, 5) is 39.1. The third-order valence-corrected chi connectivity index (χ3v) is 4.68. The number of likely N-dealkylation sites (N-methyl/N-ethyl adjacent to an activating group) is 2. The number of rotatable bonds is 4. The summed E-state index contributed by atoms with van der Waals surface area (Å²) in [6.45, 7) is 6.26. The van der Waals surface area contributed by atoms with Gasteiger partial charge < -0.3 is 5.11 Å². The minimum Gasteiger partial charge on any atom is -0.481 e. The van der Waals surface area contributed by atoms with Crippen molar-refractivity contribution in [2.24, 2.45) is 0 Å². The van der Waals surface area contributed by atoms with Crippen molar-refractivity contribution in [2.45, 2.75) is 40.0 Å². The van der Waals surface area contributed by atoms with Crippen molar-refractivity contribution >= 4 is 35.1 Å². The molecule has 0 aromatic rings. The van der Waals surface area contributed by atoms with E-state index in [4.69, 9.17) is 17.3 Å².